The monoisotopic (exact) mass is 196 g/mol. The number of hydrogen-bond donors (Lipinski definition) is 1. The van der Waals surface area contributed by atoms with E-state index >= 15 is 0 Å². The summed E-state index contributed by atoms with van der Waals surface area (Å²) in [5.74, 6) is 0.625. The molecule has 0 unspecified atom stereocenters. The van der Waals surface area contributed by atoms with Gasteiger partial charge in [-0.15, -0.1) is 0 Å². The van der Waals surface area contributed by atoms with Crippen LogP contribution >= 0.6 is 0 Å². The number of aromatic nitrogens is 1. The topological polar surface area (TPSA) is 43.4 Å². The van der Waals surface area contributed by atoms with E-state index in [2.05, 4.69) is 10.3 Å². The van der Waals surface area contributed by atoms with Crippen LogP contribution in [0.4, 0.5) is 0 Å². The summed E-state index contributed by atoms with van der Waals surface area (Å²) in [7, 11) is 3.50. The maximum Gasteiger partial charge on any atom is 0.213 e. The van der Waals surface area contributed by atoms with Crippen LogP contribution in [0.5, 0.6) is 5.88 Å². The zero-order chi connectivity index (χ0) is 10.2. The molecule has 1 aromatic heterocycles. The first-order chi connectivity index (χ1) is 6.86. The Labute approximate surface area is 84.3 Å². The fraction of sp³-hybridized carbons (Fsp3) is 0.500. The second kappa shape index (κ2) is 6.34. The predicted octanol–water partition coefficient (Wildman–Crippen LogP) is 0.826. The van der Waals surface area contributed by atoms with Gasteiger partial charge in [0.15, 0.2) is 0 Å². The number of pyridine rings is 1. The van der Waals surface area contributed by atoms with Crippen LogP contribution in [0, 0.1) is 0 Å². The molecule has 1 aromatic rings. The first-order valence-corrected chi connectivity index (χ1v) is 4.59. The van der Waals surface area contributed by atoms with Gasteiger partial charge < -0.3 is 14.8 Å². The lowest BCUT2D eigenvalue weighted by atomic mass is 10.4. The van der Waals surface area contributed by atoms with Gasteiger partial charge in [0.2, 0.25) is 5.88 Å². The van der Waals surface area contributed by atoms with Crippen LogP contribution in [0.15, 0.2) is 18.2 Å². The van der Waals surface area contributed by atoms with Crippen molar-refractivity contribution in [1.29, 1.82) is 0 Å². The Balaban J connectivity index is 2.34. The third kappa shape index (κ3) is 3.72. The molecule has 0 spiro atoms. The molecular weight excluding hydrogens is 180 g/mol. The normalized spacial score (nSPS) is 10.1. The van der Waals surface area contributed by atoms with Gasteiger partial charge in [-0.05, 0) is 13.1 Å². The van der Waals surface area contributed by atoms with E-state index in [1.54, 1.807) is 7.11 Å². The van der Waals surface area contributed by atoms with Gasteiger partial charge in [-0.25, -0.2) is 4.98 Å². The molecule has 1 heterocycles. The summed E-state index contributed by atoms with van der Waals surface area (Å²) in [5.41, 5.74) is 0.889. The molecule has 0 saturated heterocycles. The minimum atomic E-state index is 0.527. The minimum Gasteiger partial charge on any atom is -0.481 e. The quantitative estimate of drug-likeness (QED) is 0.684. The zero-order valence-electron chi connectivity index (χ0n) is 8.62. The lowest BCUT2D eigenvalue weighted by Crippen LogP contribution is -2.14. The average molecular weight is 196 g/mol. The van der Waals surface area contributed by atoms with Gasteiger partial charge in [-0.3, -0.25) is 0 Å². The minimum absolute atomic E-state index is 0.527. The molecule has 4 heteroatoms. The number of likely N-dealkylation sites (N-methyl/N-ethyl adjacent to an activating group) is 1. The highest BCUT2D eigenvalue weighted by molar-refractivity contribution is 5.14. The van der Waals surface area contributed by atoms with Crippen molar-refractivity contribution < 1.29 is 9.47 Å². The number of rotatable bonds is 6. The second-order valence-corrected chi connectivity index (χ2v) is 2.83. The summed E-state index contributed by atoms with van der Waals surface area (Å²) in [6, 6.07) is 5.64. The highest BCUT2D eigenvalue weighted by Gasteiger charge is 1.96. The molecule has 1 rings (SSSR count). The summed E-state index contributed by atoms with van der Waals surface area (Å²) >= 11 is 0. The standard InChI is InChI=1S/C10H16N2O2/c1-11-6-7-14-8-9-4-3-5-10(12-9)13-2/h3-5,11H,6-8H2,1-2H3. The van der Waals surface area contributed by atoms with Gasteiger partial charge in [-0.2, -0.15) is 0 Å². The van der Waals surface area contributed by atoms with E-state index in [0.29, 0.717) is 19.1 Å². The maximum absolute atomic E-state index is 5.38. The van der Waals surface area contributed by atoms with E-state index in [4.69, 9.17) is 9.47 Å². The number of nitrogens with zero attached hydrogens (tertiary/aromatic N) is 1. The summed E-state index contributed by atoms with van der Waals surface area (Å²) in [4.78, 5) is 4.22. The molecule has 0 saturated carbocycles. The molecule has 14 heavy (non-hydrogen) atoms. The Morgan fingerprint density at radius 3 is 3.00 bits per heavy atom. The average Bonchev–Trinajstić information content (AvgIpc) is 2.25. The van der Waals surface area contributed by atoms with Crippen molar-refractivity contribution in [1.82, 2.24) is 10.3 Å². The Kier molecular flexibility index (Phi) is 4.96. The molecule has 4 nitrogen and oxygen atoms in total. The first-order valence-electron chi connectivity index (χ1n) is 4.59. The van der Waals surface area contributed by atoms with Gasteiger partial charge in [0.05, 0.1) is 26.0 Å². The van der Waals surface area contributed by atoms with Crippen molar-refractivity contribution in [2.75, 3.05) is 27.3 Å². The van der Waals surface area contributed by atoms with Gasteiger partial charge in [0.1, 0.15) is 0 Å². The SMILES string of the molecule is CNCCOCc1cccc(OC)n1. The van der Waals surface area contributed by atoms with Crippen LogP contribution in [-0.2, 0) is 11.3 Å². The van der Waals surface area contributed by atoms with Gasteiger partial charge in [0, 0.05) is 12.6 Å². The predicted molar refractivity (Wildman–Crippen MR) is 54.4 cm³/mol. The first kappa shape index (κ1) is 10.9. The van der Waals surface area contributed by atoms with Crippen LogP contribution in [0.25, 0.3) is 0 Å². The van der Waals surface area contributed by atoms with Crippen molar-refractivity contribution in [2.45, 2.75) is 6.61 Å². The van der Waals surface area contributed by atoms with Crippen molar-refractivity contribution in [2.24, 2.45) is 0 Å². The maximum atomic E-state index is 5.38. The van der Waals surface area contributed by atoms with Gasteiger partial charge >= 0.3 is 0 Å². The smallest absolute Gasteiger partial charge is 0.213 e. The van der Waals surface area contributed by atoms with Crippen LogP contribution in [-0.4, -0.2) is 32.3 Å². The molecule has 0 radical (unpaired) electrons. The van der Waals surface area contributed by atoms with E-state index in [1.165, 1.54) is 0 Å². The van der Waals surface area contributed by atoms with E-state index in [0.717, 1.165) is 12.2 Å². The van der Waals surface area contributed by atoms with Crippen molar-refractivity contribution in [3.63, 3.8) is 0 Å². The highest BCUT2D eigenvalue weighted by atomic mass is 16.5. The van der Waals surface area contributed by atoms with Crippen LogP contribution < -0.4 is 10.1 Å². The van der Waals surface area contributed by atoms with E-state index in [-0.39, 0.29) is 0 Å². The Hall–Kier alpha value is -1.13. The number of ether oxygens (including phenoxy) is 2. The zero-order valence-corrected chi connectivity index (χ0v) is 8.62. The van der Waals surface area contributed by atoms with Crippen molar-refractivity contribution in [3.05, 3.63) is 23.9 Å². The van der Waals surface area contributed by atoms with Crippen molar-refractivity contribution >= 4 is 0 Å². The van der Waals surface area contributed by atoms with E-state index in [9.17, 15) is 0 Å². The second-order valence-electron chi connectivity index (χ2n) is 2.83. The fourth-order valence-corrected chi connectivity index (χ4v) is 1.00. The molecule has 0 aromatic carbocycles. The lowest BCUT2D eigenvalue weighted by Gasteiger charge is -2.04. The molecule has 0 fully saturated rings. The number of methoxy groups -OCH3 is 1. The van der Waals surface area contributed by atoms with Crippen LogP contribution in [0.3, 0.4) is 0 Å². The molecular formula is C10H16N2O2. The molecule has 0 bridgehead atoms. The van der Waals surface area contributed by atoms with E-state index in [1.807, 2.05) is 25.2 Å². The molecule has 0 aliphatic carbocycles. The summed E-state index contributed by atoms with van der Waals surface area (Å²) in [5, 5.41) is 3.01. The fourth-order valence-electron chi connectivity index (χ4n) is 1.00. The summed E-state index contributed by atoms with van der Waals surface area (Å²) in [6.07, 6.45) is 0. The number of nitrogens with one attached hydrogen (secondary N) is 1. The third-order valence-electron chi connectivity index (χ3n) is 1.74. The van der Waals surface area contributed by atoms with Gasteiger partial charge in [0.25, 0.3) is 0 Å². The van der Waals surface area contributed by atoms with E-state index < -0.39 is 0 Å². The molecule has 0 amide bonds. The molecule has 1 N–H and O–H groups in total. The summed E-state index contributed by atoms with van der Waals surface area (Å²) in [6.45, 7) is 2.07. The van der Waals surface area contributed by atoms with Crippen LogP contribution in [0.2, 0.25) is 0 Å². The molecule has 0 atom stereocenters. The van der Waals surface area contributed by atoms with Gasteiger partial charge in [-0.1, -0.05) is 6.07 Å². The van der Waals surface area contributed by atoms with Crippen molar-refractivity contribution in [3.8, 4) is 5.88 Å². The van der Waals surface area contributed by atoms with Crippen LogP contribution in [0.1, 0.15) is 5.69 Å². The highest BCUT2D eigenvalue weighted by Crippen LogP contribution is 2.07. The number of hydrogen-bond acceptors (Lipinski definition) is 4. The largest absolute Gasteiger partial charge is 0.481 e. The molecule has 0 aliphatic heterocycles. The Morgan fingerprint density at radius 2 is 2.29 bits per heavy atom. The molecule has 78 valence electrons. The third-order valence-corrected chi connectivity index (χ3v) is 1.74. The Bertz CT molecular complexity index is 266. The summed E-state index contributed by atoms with van der Waals surface area (Å²) < 4.78 is 10.4. The Morgan fingerprint density at radius 1 is 1.43 bits per heavy atom. The molecule has 0 aliphatic rings. The lowest BCUT2D eigenvalue weighted by molar-refractivity contribution is 0.121.